The number of nitrogens with one attached hydrogen (secondary N) is 1. The standard InChI is InChI=1S/C67H88N2O11/c1-60(2)53-52(72)54(73)66(43-12-7-11-39(28-43)27-38-9-5-4-6-10-38)51(65(53)36-77-59(75)64(58(65)80-60)31-44-16-15-42-13-8-21-62(42)23-24-63(44,34-62)35-64)18-22-61(3)55(78-57(74)56-67(61,66)79-56)46-20-26-76-50(46)30-47(49(71)33-70)40-14-17-45-41(29-40)19-25-69-37-68-32-48(45)69/h4-6,9-10,19-20,25-26,39-45,47-49,51,53-56,58,68,70-71,73H,7-8,11-18,21-24,27-37H2,1-3H3. The zero-order chi connectivity index (χ0) is 54.6. The number of allylic oxidation sites excluding steroid dienone is 1. The van der Waals surface area contributed by atoms with Crippen LogP contribution >= 0.6 is 0 Å². The molecule has 80 heavy (non-hydrogen) atoms. The summed E-state index contributed by atoms with van der Waals surface area (Å²) in [5.41, 5.74) is -4.10. The van der Waals surface area contributed by atoms with Gasteiger partial charge in [-0.3, -0.25) is 14.9 Å². The van der Waals surface area contributed by atoms with Crippen LogP contribution in [0.25, 0.3) is 0 Å². The van der Waals surface area contributed by atoms with Crippen LogP contribution in [0.3, 0.4) is 0 Å². The fourth-order valence-corrected chi connectivity index (χ4v) is 24.8. The van der Waals surface area contributed by atoms with E-state index in [0.29, 0.717) is 60.7 Å². The highest BCUT2D eigenvalue weighted by Crippen LogP contribution is 2.85. The summed E-state index contributed by atoms with van der Waals surface area (Å²) in [4.78, 5) is 49.8. The lowest BCUT2D eigenvalue weighted by atomic mass is 9.32. The van der Waals surface area contributed by atoms with Crippen molar-refractivity contribution < 1.29 is 53.1 Å². The van der Waals surface area contributed by atoms with Gasteiger partial charge >= 0.3 is 11.9 Å². The summed E-state index contributed by atoms with van der Waals surface area (Å²) in [6.45, 7) is 7.80. The van der Waals surface area contributed by atoms with Crippen molar-refractivity contribution in [1.29, 1.82) is 0 Å². The zero-order valence-corrected chi connectivity index (χ0v) is 47.7. The van der Waals surface area contributed by atoms with E-state index in [0.717, 1.165) is 95.3 Å². The second-order valence-electron chi connectivity index (χ2n) is 30.6. The Morgan fingerprint density at radius 1 is 0.838 bits per heavy atom. The number of aliphatic hydroxyl groups is 3. The van der Waals surface area contributed by atoms with Crippen LogP contribution in [-0.4, -0.2) is 106 Å². The first-order valence-electron chi connectivity index (χ1n) is 32.1. The molecule has 432 valence electrons. The smallest absolute Gasteiger partial charge is 0.339 e. The molecule has 8 saturated carbocycles. The summed E-state index contributed by atoms with van der Waals surface area (Å²) < 4.78 is 35.4. The van der Waals surface area contributed by atoms with E-state index in [-0.39, 0.29) is 54.1 Å². The van der Waals surface area contributed by atoms with E-state index in [1.54, 1.807) is 6.26 Å². The number of epoxide rings is 1. The Hall–Kier alpha value is -3.59. The van der Waals surface area contributed by atoms with Crippen molar-refractivity contribution in [2.75, 3.05) is 26.4 Å². The number of hydrogen-bond donors (Lipinski definition) is 4. The molecule has 16 rings (SSSR count). The van der Waals surface area contributed by atoms with Crippen LogP contribution in [0.5, 0.6) is 0 Å². The van der Waals surface area contributed by atoms with Crippen LogP contribution in [0.2, 0.25) is 0 Å². The molecule has 0 amide bonds. The molecule has 0 radical (unpaired) electrons. The van der Waals surface area contributed by atoms with Gasteiger partial charge in [0.1, 0.15) is 30.2 Å². The van der Waals surface area contributed by atoms with E-state index >= 15 is 14.4 Å². The van der Waals surface area contributed by atoms with E-state index < -0.39 is 81.2 Å². The molecule has 13 fully saturated rings. The molecular formula is C67H88N2O11. The van der Waals surface area contributed by atoms with Crippen molar-refractivity contribution in [3.05, 3.63) is 71.8 Å². The number of ketones is 1. The van der Waals surface area contributed by atoms with Gasteiger partial charge in [0.15, 0.2) is 11.9 Å². The van der Waals surface area contributed by atoms with E-state index in [9.17, 15) is 15.3 Å². The number of cyclic esters (lactones) is 2. The minimum absolute atomic E-state index is 0.0242. The number of esters is 2. The monoisotopic (exact) mass is 1100 g/mol. The number of fused-ring (bicyclic) bond motifs is 5. The van der Waals surface area contributed by atoms with Gasteiger partial charge in [-0.2, -0.15) is 0 Å². The minimum atomic E-state index is -1.49. The highest BCUT2D eigenvalue weighted by atomic mass is 16.7. The minimum Gasteiger partial charge on any atom is -0.469 e. The average molecular weight is 1100 g/mol. The lowest BCUT2D eigenvalue weighted by Gasteiger charge is -2.70. The van der Waals surface area contributed by atoms with E-state index in [2.05, 4.69) is 59.7 Å². The summed E-state index contributed by atoms with van der Waals surface area (Å²) in [5.74, 6) is 0.509. The van der Waals surface area contributed by atoms with Gasteiger partial charge in [-0.05, 0) is 205 Å². The molecule has 6 aliphatic heterocycles. The molecule has 2 bridgehead atoms. The summed E-state index contributed by atoms with van der Waals surface area (Å²) in [5, 5.41) is 40.2. The molecule has 1 aromatic carbocycles. The van der Waals surface area contributed by atoms with Crippen molar-refractivity contribution in [1.82, 2.24) is 10.2 Å². The van der Waals surface area contributed by atoms with Gasteiger partial charge in [0, 0.05) is 40.8 Å². The van der Waals surface area contributed by atoms with E-state index in [4.69, 9.17) is 23.4 Å². The quantitative estimate of drug-likeness (QED) is 0.138. The molecule has 13 heteroatoms. The lowest BCUT2D eigenvalue weighted by Crippen LogP contribution is -2.80. The van der Waals surface area contributed by atoms with Gasteiger partial charge in [0.2, 0.25) is 0 Å². The summed E-state index contributed by atoms with van der Waals surface area (Å²) in [6, 6.07) is 13.1. The number of benzene rings is 1. The fraction of sp³-hybridized carbons (Fsp3) is 0.776. The normalized spacial score (nSPS) is 50.6. The number of Topliss-reactive ketones (excluding diaryl/α,β-unsaturated/α-hetero) is 1. The Balaban J connectivity index is 0.811. The van der Waals surface area contributed by atoms with Crippen LogP contribution < -0.4 is 5.32 Å². The molecule has 23 atom stereocenters. The number of carbonyl (C=O) groups excluding carboxylic acids is 3. The highest BCUT2D eigenvalue weighted by molar-refractivity contribution is 5.93. The molecule has 14 aliphatic rings. The molecule has 4 N–H and O–H groups in total. The number of nitrogens with zero attached hydrogens (tertiary/aromatic N) is 1. The van der Waals surface area contributed by atoms with E-state index in [1.807, 2.05) is 19.9 Å². The number of hydrogen-bond acceptors (Lipinski definition) is 13. The molecule has 13 nitrogen and oxygen atoms in total. The summed E-state index contributed by atoms with van der Waals surface area (Å²) in [7, 11) is 0. The maximum absolute atomic E-state index is 16.6. The lowest BCUT2D eigenvalue weighted by molar-refractivity contribution is -0.286. The first-order valence-corrected chi connectivity index (χ1v) is 32.1. The van der Waals surface area contributed by atoms with Gasteiger partial charge < -0.3 is 43.6 Å². The topological polar surface area (TPSA) is 181 Å². The molecule has 5 saturated heterocycles. The van der Waals surface area contributed by atoms with Gasteiger partial charge in [-0.25, -0.2) is 4.79 Å². The van der Waals surface area contributed by atoms with Crippen LogP contribution in [0.4, 0.5) is 0 Å². The molecule has 2 aromatic rings. The maximum atomic E-state index is 16.6. The van der Waals surface area contributed by atoms with Crippen LogP contribution in [0.1, 0.15) is 166 Å². The maximum Gasteiger partial charge on any atom is 0.339 e. The molecule has 8 aliphatic carbocycles. The van der Waals surface area contributed by atoms with Crippen molar-refractivity contribution in [2.45, 2.75) is 203 Å². The third kappa shape index (κ3) is 6.60. The highest BCUT2D eigenvalue weighted by Gasteiger charge is 2.94. The first-order chi connectivity index (χ1) is 38.6. The second kappa shape index (κ2) is 17.7. The van der Waals surface area contributed by atoms with Gasteiger partial charge in [0.25, 0.3) is 0 Å². The Bertz CT molecular complexity index is 2870. The van der Waals surface area contributed by atoms with Gasteiger partial charge in [-0.15, -0.1) is 0 Å². The third-order valence-electron chi connectivity index (χ3n) is 27.4. The summed E-state index contributed by atoms with van der Waals surface area (Å²) in [6.07, 6.45) is 21.3. The van der Waals surface area contributed by atoms with Crippen molar-refractivity contribution >= 4 is 17.7 Å². The number of ether oxygens (including phenoxy) is 4. The second-order valence-corrected chi connectivity index (χ2v) is 30.6. The van der Waals surface area contributed by atoms with Crippen molar-refractivity contribution in [3.8, 4) is 0 Å². The predicted molar refractivity (Wildman–Crippen MR) is 294 cm³/mol. The van der Waals surface area contributed by atoms with Crippen LogP contribution in [0.15, 0.2) is 59.4 Å². The first kappa shape index (κ1) is 52.0. The Morgan fingerprint density at radius 3 is 2.51 bits per heavy atom. The van der Waals surface area contributed by atoms with Crippen molar-refractivity contribution in [3.63, 3.8) is 0 Å². The Morgan fingerprint density at radius 2 is 1.66 bits per heavy atom. The number of rotatable bonds is 9. The van der Waals surface area contributed by atoms with E-state index in [1.165, 1.54) is 44.1 Å². The molecule has 1 aromatic heterocycles. The molecule has 5 spiro atoms. The van der Waals surface area contributed by atoms with Gasteiger partial charge in [0.05, 0.1) is 48.7 Å². The zero-order valence-electron chi connectivity index (χ0n) is 47.7. The molecule has 7 heterocycles. The number of aliphatic hydroxyl groups excluding tert-OH is 3. The SMILES string of the molecule is CC1(C)OC2C3(CC4CCC5CCCC56CCC4(C6)C3)C(=O)OCC23C1C(=O)C(O)C1(C2CCCC(Cc4ccccc4)C2)C3CCC2(C)C(c3ccoc3CC(C(O)CO)C3CCC4C(C=CN5CNCC45)C3)OC(=O)C3OC321. The number of furan rings is 1. The Labute approximate surface area is 472 Å². The molecule has 23 unspecified atom stereocenters. The van der Waals surface area contributed by atoms with Gasteiger partial charge in [-0.1, -0.05) is 62.6 Å². The third-order valence-corrected chi connectivity index (χ3v) is 27.4. The fourth-order valence-electron chi connectivity index (χ4n) is 24.8. The molecular weight excluding hydrogens is 1010 g/mol. The number of carbonyl (C=O) groups is 3. The van der Waals surface area contributed by atoms with Crippen LogP contribution in [0, 0.1) is 91.7 Å². The average Bonchev–Trinajstić information content (AvgIpc) is 3.38. The van der Waals surface area contributed by atoms with Crippen LogP contribution in [-0.2, 0) is 46.2 Å². The summed E-state index contributed by atoms with van der Waals surface area (Å²) >= 11 is 0. The predicted octanol–water partition coefficient (Wildman–Crippen LogP) is 9.20. The largest absolute Gasteiger partial charge is 0.469 e. The Kier molecular flexibility index (Phi) is 11.5. The van der Waals surface area contributed by atoms with Crippen molar-refractivity contribution in [2.24, 2.45) is 91.7 Å².